The predicted octanol–water partition coefficient (Wildman–Crippen LogP) is 3.46. The lowest BCUT2D eigenvalue weighted by atomic mass is 9.78. The van der Waals surface area contributed by atoms with Crippen LogP contribution in [0.3, 0.4) is 0 Å². The second-order valence-corrected chi connectivity index (χ2v) is 6.68. The van der Waals surface area contributed by atoms with E-state index in [1.54, 1.807) is 0 Å². The Bertz CT molecular complexity index is 176. The van der Waals surface area contributed by atoms with Crippen LogP contribution in [0, 0.1) is 11.3 Å². The van der Waals surface area contributed by atoms with E-state index in [4.69, 9.17) is 4.74 Å². The first-order chi connectivity index (χ1) is 7.17. The van der Waals surface area contributed by atoms with Crippen molar-refractivity contribution in [1.82, 2.24) is 5.32 Å². The monoisotopic (exact) mass is 229 g/mol. The molecule has 98 valence electrons. The van der Waals surface area contributed by atoms with Crippen LogP contribution in [0.1, 0.15) is 54.9 Å². The highest BCUT2D eigenvalue weighted by molar-refractivity contribution is 4.80. The van der Waals surface area contributed by atoms with Gasteiger partial charge in [-0.25, -0.2) is 0 Å². The topological polar surface area (TPSA) is 21.3 Å². The lowest BCUT2D eigenvalue weighted by Crippen LogP contribution is -2.42. The predicted molar refractivity (Wildman–Crippen MR) is 71.8 cm³/mol. The maximum absolute atomic E-state index is 5.46. The van der Waals surface area contributed by atoms with Gasteiger partial charge >= 0.3 is 0 Å². The molecule has 1 N–H and O–H groups in total. The summed E-state index contributed by atoms with van der Waals surface area (Å²) in [5, 5.41) is 3.60. The van der Waals surface area contributed by atoms with Crippen molar-refractivity contribution in [3.05, 3.63) is 0 Å². The van der Waals surface area contributed by atoms with Gasteiger partial charge in [0, 0.05) is 18.8 Å². The summed E-state index contributed by atoms with van der Waals surface area (Å²) in [5.41, 5.74) is 0.546. The summed E-state index contributed by atoms with van der Waals surface area (Å²) in [6.45, 7) is 18.4. The zero-order valence-electron chi connectivity index (χ0n) is 12.3. The minimum atomic E-state index is 0.203. The number of rotatable bonds is 6. The third-order valence-corrected chi connectivity index (χ3v) is 2.92. The van der Waals surface area contributed by atoms with Gasteiger partial charge in [-0.3, -0.25) is 0 Å². The van der Waals surface area contributed by atoms with Crippen LogP contribution in [0.25, 0.3) is 0 Å². The molecule has 0 aliphatic carbocycles. The van der Waals surface area contributed by atoms with Crippen molar-refractivity contribution in [1.29, 1.82) is 0 Å². The molecule has 0 heterocycles. The first kappa shape index (κ1) is 15.9. The Morgan fingerprint density at radius 3 is 2.00 bits per heavy atom. The Balaban J connectivity index is 4.12. The molecule has 0 aliphatic heterocycles. The highest BCUT2D eigenvalue weighted by atomic mass is 16.5. The van der Waals surface area contributed by atoms with Crippen LogP contribution < -0.4 is 5.32 Å². The molecule has 0 aromatic rings. The van der Waals surface area contributed by atoms with Gasteiger partial charge < -0.3 is 10.1 Å². The summed E-state index contributed by atoms with van der Waals surface area (Å²) in [6, 6.07) is 0. The lowest BCUT2D eigenvalue weighted by molar-refractivity contribution is 0.102. The lowest BCUT2D eigenvalue weighted by Gasteiger charge is -2.34. The number of ether oxygens (including phenoxy) is 1. The molecule has 0 aromatic carbocycles. The Hall–Kier alpha value is -0.0800. The summed E-state index contributed by atoms with van der Waals surface area (Å²) in [4.78, 5) is 0. The van der Waals surface area contributed by atoms with Gasteiger partial charge in [0.1, 0.15) is 0 Å². The summed E-state index contributed by atoms with van der Waals surface area (Å²) < 4.78 is 5.46. The van der Waals surface area contributed by atoms with Gasteiger partial charge in [0.15, 0.2) is 0 Å². The molecule has 16 heavy (non-hydrogen) atoms. The molecular weight excluding hydrogens is 198 g/mol. The van der Waals surface area contributed by atoms with Crippen LogP contribution >= 0.6 is 0 Å². The first-order valence-corrected chi connectivity index (χ1v) is 6.49. The molecule has 0 rings (SSSR count). The van der Waals surface area contributed by atoms with E-state index in [1.165, 1.54) is 0 Å². The summed E-state index contributed by atoms with van der Waals surface area (Å²) in [6.07, 6.45) is 1.14. The van der Waals surface area contributed by atoms with Crippen LogP contribution in [-0.2, 0) is 4.74 Å². The fourth-order valence-corrected chi connectivity index (χ4v) is 1.64. The first-order valence-electron chi connectivity index (χ1n) is 6.49. The summed E-state index contributed by atoms with van der Waals surface area (Å²) in [7, 11) is 0. The largest absolute Gasteiger partial charge is 0.382 e. The van der Waals surface area contributed by atoms with Gasteiger partial charge in [0.25, 0.3) is 0 Å². The second-order valence-electron chi connectivity index (χ2n) is 6.68. The third kappa shape index (κ3) is 8.12. The van der Waals surface area contributed by atoms with E-state index in [1.807, 2.05) is 0 Å². The molecule has 0 amide bonds. The molecule has 1 unspecified atom stereocenters. The van der Waals surface area contributed by atoms with Crippen molar-refractivity contribution in [2.45, 2.75) is 60.4 Å². The Kier molecular flexibility index (Phi) is 6.57. The Labute approximate surface area is 102 Å². The molecule has 0 aliphatic rings. The van der Waals surface area contributed by atoms with Crippen LogP contribution in [0.5, 0.6) is 0 Å². The highest BCUT2D eigenvalue weighted by Crippen LogP contribution is 2.28. The normalized spacial score (nSPS) is 15.2. The van der Waals surface area contributed by atoms with Crippen molar-refractivity contribution >= 4 is 0 Å². The van der Waals surface area contributed by atoms with Gasteiger partial charge in [-0.15, -0.1) is 0 Å². The van der Waals surface area contributed by atoms with Crippen LogP contribution in [0.15, 0.2) is 0 Å². The van der Waals surface area contributed by atoms with Crippen molar-refractivity contribution in [2.24, 2.45) is 11.3 Å². The standard InChI is InChI=1S/C14H31NO/c1-8-16-10-9-12(13(2,3)4)11-15-14(5,6)7/h12,15H,8-11H2,1-7H3. The molecule has 0 bridgehead atoms. The van der Waals surface area contributed by atoms with E-state index in [9.17, 15) is 0 Å². The fourth-order valence-electron chi connectivity index (χ4n) is 1.64. The second kappa shape index (κ2) is 6.61. The molecule has 0 saturated heterocycles. The average Bonchev–Trinajstić information content (AvgIpc) is 2.07. The molecule has 0 spiro atoms. The average molecular weight is 229 g/mol. The third-order valence-electron chi connectivity index (χ3n) is 2.92. The quantitative estimate of drug-likeness (QED) is 0.704. The van der Waals surface area contributed by atoms with Crippen molar-refractivity contribution in [3.8, 4) is 0 Å². The highest BCUT2D eigenvalue weighted by Gasteiger charge is 2.25. The van der Waals surface area contributed by atoms with Crippen molar-refractivity contribution in [2.75, 3.05) is 19.8 Å². The van der Waals surface area contributed by atoms with Crippen molar-refractivity contribution in [3.63, 3.8) is 0 Å². The minimum absolute atomic E-state index is 0.203. The fraction of sp³-hybridized carbons (Fsp3) is 1.00. The van der Waals surface area contributed by atoms with E-state index >= 15 is 0 Å². The van der Waals surface area contributed by atoms with Gasteiger partial charge in [-0.1, -0.05) is 20.8 Å². The van der Waals surface area contributed by atoms with Crippen molar-refractivity contribution < 1.29 is 4.74 Å². The van der Waals surface area contributed by atoms with Gasteiger partial charge in [0.2, 0.25) is 0 Å². The number of nitrogens with one attached hydrogen (secondary N) is 1. The SMILES string of the molecule is CCOCCC(CNC(C)(C)C)C(C)(C)C. The van der Waals surface area contributed by atoms with Gasteiger partial charge in [-0.05, 0) is 52.0 Å². The van der Waals surface area contributed by atoms with E-state index in [2.05, 4.69) is 53.8 Å². The molecule has 1 atom stereocenters. The smallest absolute Gasteiger partial charge is 0.0469 e. The Morgan fingerprint density at radius 1 is 1.06 bits per heavy atom. The zero-order chi connectivity index (χ0) is 12.8. The minimum Gasteiger partial charge on any atom is -0.382 e. The maximum atomic E-state index is 5.46. The van der Waals surface area contributed by atoms with E-state index in [0.717, 1.165) is 26.2 Å². The maximum Gasteiger partial charge on any atom is 0.0469 e. The molecule has 0 radical (unpaired) electrons. The van der Waals surface area contributed by atoms with E-state index in [0.29, 0.717) is 11.3 Å². The Morgan fingerprint density at radius 2 is 1.62 bits per heavy atom. The molecule has 0 aromatic heterocycles. The number of hydrogen-bond acceptors (Lipinski definition) is 2. The summed E-state index contributed by atoms with van der Waals surface area (Å²) in [5.74, 6) is 0.665. The summed E-state index contributed by atoms with van der Waals surface area (Å²) >= 11 is 0. The zero-order valence-corrected chi connectivity index (χ0v) is 12.3. The molecule has 2 heteroatoms. The molecule has 0 fully saturated rings. The molecule has 2 nitrogen and oxygen atoms in total. The van der Waals surface area contributed by atoms with Gasteiger partial charge in [-0.2, -0.15) is 0 Å². The molecular formula is C14H31NO. The molecule has 0 saturated carbocycles. The van der Waals surface area contributed by atoms with Gasteiger partial charge in [0.05, 0.1) is 0 Å². The van der Waals surface area contributed by atoms with Crippen LogP contribution in [0.2, 0.25) is 0 Å². The van der Waals surface area contributed by atoms with E-state index in [-0.39, 0.29) is 5.54 Å². The van der Waals surface area contributed by atoms with Crippen LogP contribution in [0.4, 0.5) is 0 Å². The van der Waals surface area contributed by atoms with Crippen LogP contribution in [-0.4, -0.2) is 25.3 Å². The van der Waals surface area contributed by atoms with E-state index < -0.39 is 0 Å². The number of hydrogen-bond donors (Lipinski definition) is 1.